The van der Waals surface area contributed by atoms with E-state index in [0.29, 0.717) is 6.04 Å². The molecule has 3 nitrogen and oxygen atoms in total. The zero-order valence-electron chi connectivity index (χ0n) is 10.3. The highest BCUT2D eigenvalue weighted by Gasteiger charge is 2.12. The van der Waals surface area contributed by atoms with Crippen LogP contribution in [0, 0.1) is 13.8 Å². The van der Waals surface area contributed by atoms with E-state index in [2.05, 4.69) is 15.3 Å². The second-order valence-corrected chi connectivity index (χ2v) is 4.76. The molecule has 16 heavy (non-hydrogen) atoms. The maximum atomic E-state index is 4.52. The van der Waals surface area contributed by atoms with Gasteiger partial charge in [0.15, 0.2) is 0 Å². The monoisotopic (exact) mass is 219 g/mol. The lowest BCUT2D eigenvalue weighted by atomic mass is 10.1. The Morgan fingerprint density at radius 1 is 1.06 bits per heavy atom. The van der Waals surface area contributed by atoms with E-state index in [0.717, 1.165) is 17.2 Å². The molecule has 1 aromatic rings. The lowest BCUT2D eigenvalue weighted by Gasteiger charge is -2.17. The summed E-state index contributed by atoms with van der Waals surface area (Å²) < 4.78 is 0. The first-order valence-electron chi connectivity index (χ1n) is 6.32. The maximum absolute atomic E-state index is 4.52. The molecule has 1 N–H and O–H groups in total. The minimum Gasteiger partial charge on any atom is -0.366 e. The Kier molecular flexibility index (Phi) is 3.75. The minimum absolute atomic E-state index is 0.596. The molecule has 0 unspecified atom stereocenters. The van der Waals surface area contributed by atoms with Gasteiger partial charge < -0.3 is 5.32 Å². The van der Waals surface area contributed by atoms with Crippen molar-refractivity contribution in [2.45, 2.75) is 58.4 Å². The number of aromatic nitrogens is 2. The molecule has 88 valence electrons. The molecule has 1 heterocycles. The number of nitrogens with one attached hydrogen (secondary N) is 1. The first-order chi connectivity index (χ1) is 7.75. The highest BCUT2D eigenvalue weighted by Crippen LogP contribution is 2.20. The molecule has 1 aliphatic rings. The van der Waals surface area contributed by atoms with Crippen molar-refractivity contribution in [3.8, 4) is 0 Å². The number of nitrogens with zero attached hydrogens (tertiary/aromatic N) is 2. The van der Waals surface area contributed by atoms with Crippen LogP contribution < -0.4 is 5.32 Å². The van der Waals surface area contributed by atoms with E-state index < -0.39 is 0 Å². The van der Waals surface area contributed by atoms with Crippen LogP contribution in [-0.4, -0.2) is 16.0 Å². The van der Waals surface area contributed by atoms with E-state index >= 15 is 0 Å². The van der Waals surface area contributed by atoms with Crippen LogP contribution in [0.1, 0.15) is 49.9 Å². The van der Waals surface area contributed by atoms with Crippen molar-refractivity contribution in [2.75, 3.05) is 5.32 Å². The molecule has 3 heteroatoms. The van der Waals surface area contributed by atoms with Crippen LogP contribution in [0.2, 0.25) is 0 Å². The smallest absolute Gasteiger partial charge is 0.145 e. The van der Waals surface area contributed by atoms with Crippen LogP contribution in [0.4, 0.5) is 5.82 Å². The lowest BCUT2D eigenvalue weighted by molar-refractivity contribution is 0.617. The Morgan fingerprint density at radius 2 is 1.75 bits per heavy atom. The zero-order chi connectivity index (χ0) is 11.4. The van der Waals surface area contributed by atoms with Crippen molar-refractivity contribution in [1.29, 1.82) is 0 Å². The van der Waals surface area contributed by atoms with Crippen molar-refractivity contribution in [3.05, 3.63) is 17.6 Å². The molecule has 2 rings (SSSR count). The van der Waals surface area contributed by atoms with Crippen LogP contribution in [0.15, 0.2) is 6.20 Å². The van der Waals surface area contributed by atoms with Gasteiger partial charge in [-0.1, -0.05) is 25.7 Å². The summed E-state index contributed by atoms with van der Waals surface area (Å²) in [6, 6.07) is 0.596. The van der Waals surface area contributed by atoms with Gasteiger partial charge in [-0.25, -0.2) is 4.98 Å². The van der Waals surface area contributed by atoms with Gasteiger partial charge in [0, 0.05) is 6.04 Å². The summed E-state index contributed by atoms with van der Waals surface area (Å²) >= 11 is 0. The van der Waals surface area contributed by atoms with Gasteiger partial charge in [0.25, 0.3) is 0 Å². The molecule has 0 bridgehead atoms. The zero-order valence-corrected chi connectivity index (χ0v) is 10.3. The number of aryl methyl sites for hydroxylation is 2. The molecular formula is C13H21N3. The lowest BCUT2D eigenvalue weighted by Crippen LogP contribution is -2.19. The van der Waals surface area contributed by atoms with Crippen molar-refractivity contribution < 1.29 is 0 Å². The highest BCUT2D eigenvalue weighted by atomic mass is 15.0. The van der Waals surface area contributed by atoms with Gasteiger partial charge >= 0.3 is 0 Å². The highest BCUT2D eigenvalue weighted by molar-refractivity contribution is 5.34. The number of hydrogen-bond acceptors (Lipinski definition) is 3. The molecular weight excluding hydrogens is 198 g/mol. The molecule has 0 saturated heterocycles. The van der Waals surface area contributed by atoms with E-state index in [-0.39, 0.29) is 0 Å². The Balaban J connectivity index is 1.99. The summed E-state index contributed by atoms with van der Waals surface area (Å²) in [6.07, 6.45) is 9.86. The quantitative estimate of drug-likeness (QED) is 0.776. The first-order valence-corrected chi connectivity index (χ1v) is 6.32. The van der Waals surface area contributed by atoms with Gasteiger partial charge in [0.05, 0.1) is 17.6 Å². The molecule has 0 spiro atoms. The standard InChI is InChI=1S/C13H21N3/c1-10-11(2)15-13(9-14-10)16-12-7-5-3-4-6-8-12/h9,12H,3-8H2,1-2H3,(H,15,16). The summed E-state index contributed by atoms with van der Waals surface area (Å²) in [5.74, 6) is 0.940. The van der Waals surface area contributed by atoms with Gasteiger partial charge in [-0.3, -0.25) is 4.98 Å². The topological polar surface area (TPSA) is 37.8 Å². The van der Waals surface area contributed by atoms with Gasteiger partial charge in [-0.05, 0) is 26.7 Å². The van der Waals surface area contributed by atoms with E-state index in [1.54, 1.807) is 0 Å². The summed E-state index contributed by atoms with van der Waals surface area (Å²) in [6.45, 7) is 4.01. The van der Waals surface area contributed by atoms with Gasteiger partial charge in [-0.15, -0.1) is 0 Å². The molecule has 0 amide bonds. The maximum Gasteiger partial charge on any atom is 0.145 e. The van der Waals surface area contributed by atoms with E-state index in [1.165, 1.54) is 38.5 Å². The molecule has 0 atom stereocenters. The van der Waals surface area contributed by atoms with Gasteiger partial charge in [0.2, 0.25) is 0 Å². The third-order valence-electron chi connectivity index (χ3n) is 3.40. The number of hydrogen-bond donors (Lipinski definition) is 1. The summed E-state index contributed by atoms with van der Waals surface area (Å²) in [5, 5.41) is 3.52. The summed E-state index contributed by atoms with van der Waals surface area (Å²) in [4.78, 5) is 8.87. The summed E-state index contributed by atoms with van der Waals surface area (Å²) in [5.41, 5.74) is 2.05. The SMILES string of the molecule is Cc1ncc(NC2CCCCCC2)nc1C. The van der Waals surface area contributed by atoms with Crippen molar-refractivity contribution in [3.63, 3.8) is 0 Å². The second-order valence-electron chi connectivity index (χ2n) is 4.76. The molecule has 0 aliphatic heterocycles. The average Bonchev–Trinajstić information content (AvgIpc) is 2.52. The van der Waals surface area contributed by atoms with Crippen LogP contribution in [0.5, 0.6) is 0 Å². The van der Waals surface area contributed by atoms with E-state index in [9.17, 15) is 0 Å². The third kappa shape index (κ3) is 2.94. The Morgan fingerprint density at radius 3 is 2.38 bits per heavy atom. The van der Waals surface area contributed by atoms with Gasteiger partial charge in [0.1, 0.15) is 5.82 Å². The van der Waals surface area contributed by atoms with E-state index in [1.807, 2.05) is 20.0 Å². The first kappa shape index (κ1) is 11.4. The molecule has 0 radical (unpaired) electrons. The Bertz CT molecular complexity index is 341. The molecule has 1 fully saturated rings. The Hall–Kier alpha value is -1.12. The molecule has 1 aromatic heterocycles. The fraction of sp³-hybridized carbons (Fsp3) is 0.692. The van der Waals surface area contributed by atoms with Crippen LogP contribution >= 0.6 is 0 Å². The molecule has 1 saturated carbocycles. The predicted molar refractivity (Wildman–Crippen MR) is 66.6 cm³/mol. The van der Waals surface area contributed by atoms with Crippen LogP contribution in [-0.2, 0) is 0 Å². The van der Waals surface area contributed by atoms with Crippen molar-refractivity contribution in [2.24, 2.45) is 0 Å². The fourth-order valence-electron chi connectivity index (χ4n) is 2.24. The largest absolute Gasteiger partial charge is 0.366 e. The second kappa shape index (κ2) is 5.28. The van der Waals surface area contributed by atoms with Gasteiger partial charge in [-0.2, -0.15) is 0 Å². The predicted octanol–water partition coefficient (Wildman–Crippen LogP) is 3.23. The summed E-state index contributed by atoms with van der Waals surface area (Å²) in [7, 11) is 0. The van der Waals surface area contributed by atoms with Crippen molar-refractivity contribution in [1.82, 2.24) is 9.97 Å². The number of anilines is 1. The fourth-order valence-corrected chi connectivity index (χ4v) is 2.24. The third-order valence-corrected chi connectivity index (χ3v) is 3.40. The number of rotatable bonds is 2. The minimum atomic E-state index is 0.596. The van der Waals surface area contributed by atoms with E-state index in [4.69, 9.17) is 0 Å². The van der Waals surface area contributed by atoms with Crippen LogP contribution in [0.3, 0.4) is 0 Å². The molecule has 0 aromatic carbocycles. The van der Waals surface area contributed by atoms with Crippen LogP contribution in [0.25, 0.3) is 0 Å². The van der Waals surface area contributed by atoms with Crippen molar-refractivity contribution >= 4 is 5.82 Å². The molecule has 1 aliphatic carbocycles. The Labute approximate surface area is 97.7 Å². The normalized spacial score (nSPS) is 18.1. The average molecular weight is 219 g/mol.